The van der Waals surface area contributed by atoms with Crippen molar-refractivity contribution in [3.8, 4) is 0 Å². The van der Waals surface area contributed by atoms with Gasteiger partial charge >= 0.3 is 0 Å². The first-order chi connectivity index (χ1) is 8.86. The van der Waals surface area contributed by atoms with Gasteiger partial charge in [0.1, 0.15) is 5.82 Å². The van der Waals surface area contributed by atoms with E-state index in [4.69, 9.17) is 5.73 Å². The van der Waals surface area contributed by atoms with Crippen LogP contribution < -0.4 is 5.73 Å². The Kier molecular flexibility index (Phi) is 5.95. The highest BCUT2D eigenvalue weighted by atomic mass is 19.1. The lowest BCUT2D eigenvalue weighted by molar-refractivity contribution is 0.166. The third-order valence-electron chi connectivity index (χ3n) is 3.73. The Balaban J connectivity index is 2.96. The Labute approximate surface area is 116 Å². The quantitative estimate of drug-likeness (QED) is 0.854. The number of benzene rings is 1. The predicted octanol–water partition coefficient (Wildman–Crippen LogP) is 3.50. The number of hydrogen-bond acceptors (Lipinski definition) is 2. The normalized spacial score (nSPS) is 15.0. The van der Waals surface area contributed by atoms with Crippen LogP contribution in [0.25, 0.3) is 0 Å². The molecule has 0 saturated carbocycles. The van der Waals surface area contributed by atoms with Gasteiger partial charge in [-0.3, -0.25) is 4.90 Å². The van der Waals surface area contributed by atoms with E-state index in [1.807, 2.05) is 20.0 Å². The third-order valence-corrected chi connectivity index (χ3v) is 3.73. The standard InChI is InChI=1S/C16H27FN2/c1-11(2)8-13(4)19(5)16(10-18)14-9-12(3)6-7-15(14)17/h6-7,9,11,13,16H,8,10,18H2,1-5H3. The summed E-state index contributed by atoms with van der Waals surface area (Å²) in [5.41, 5.74) is 7.66. The molecule has 0 spiro atoms. The van der Waals surface area contributed by atoms with Gasteiger partial charge in [-0.25, -0.2) is 4.39 Å². The van der Waals surface area contributed by atoms with E-state index in [1.165, 1.54) is 6.07 Å². The number of halogens is 1. The van der Waals surface area contributed by atoms with E-state index in [0.717, 1.165) is 12.0 Å². The zero-order valence-corrected chi connectivity index (χ0v) is 12.8. The van der Waals surface area contributed by atoms with Gasteiger partial charge in [0.05, 0.1) is 0 Å². The number of rotatable bonds is 6. The van der Waals surface area contributed by atoms with Crippen molar-refractivity contribution in [1.29, 1.82) is 0 Å². The minimum absolute atomic E-state index is 0.0614. The number of aryl methyl sites for hydroxylation is 1. The molecule has 2 nitrogen and oxygen atoms in total. The number of hydrogen-bond donors (Lipinski definition) is 1. The summed E-state index contributed by atoms with van der Waals surface area (Å²) in [6.45, 7) is 8.99. The minimum Gasteiger partial charge on any atom is -0.329 e. The van der Waals surface area contributed by atoms with Crippen molar-refractivity contribution in [2.24, 2.45) is 11.7 Å². The summed E-state index contributed by atoms with van der Waals surface area (Å²) in [4.78, 5) is 2.19. The smallest absolute Gasteiger partial charge is 0.128 e. The average molecular weight is 266 g/mol. The molecule has 2 atom stereocenters. The van der Waals surface area contributed by atoms with Crippen LogP contribution in [-0.4, -0.2) is 24.5 Å². The van der Waals surface area contributed by atoms with Crippen molar-refractivity contribution in [2.75, 3.05) is 13.6 Å². The van der Waals surface area contributed by atoms with Gasteiger partial charge in [0.15, 0.2) is 0 Å². The van der Waals surface area contributed by atoms with Crippen molar-refractivity contribution >= 4 is 0 Å². The summed E-state index contributed by atoms with van der Waals surface area (Å²) in [5, 5.41) is 0. The fourth-order valence-corrected chi connectivity index (χ4v) is 2.59. The van der Waals surface area contributed by atoms with E-state index < -0.39 is 0 Å². The van der Waals surface area contributed by atoms with Crippen LogP contribution in [0.3, 0.4) is 0 Å². The largest absolute Gasteiger partial charge is 0.329 e. The van der Waals surface area contributed by atoms with E-state index in [9.17, 15) is 4.39 Å². The molecule has 0 aromatic heterocycles. The second-order valence-electron chi connectivity index (χ2n) is 5.92. The molecule has 0 amide bonds. The number of nitrogens with zero attached hydrogens (tertiary/aromatic N) is 1. The lowest BCUT2D eigenvalue weighted by Gasteiger charge is -2.34. The predicted molar refractivity (Wildman–Crippen MR) is 79.6 cm³/mol. The maximum absolute atomic E-state index is 14.0. The molecule has 2 N–H and O–H groups in total. The Bertz CT molecular complexity index is 404. The van der Waals surface area contributed by atoms with Crippen LogP contribution in [0.15, 0.2) is 18.2 Å². The molecule has 108 valence electrons. The van der Waals surface area contributed by atoms with Gasteiger partial charge in [0.2, 0.25) is 0 Å². The van der Waals surface area contributed by atoms with E-state index in [-0.39, 0.29) is 11.9 Å². The monoisotopic (exact) mass is 266 g/mol. The molecule has 2 unspecified atom stereocenters. The highest BCUT2D eigenvalue weighted by molar-refractivity contribution is 5.27. The summed E-state index contributed by atoms with van der Waals surface area (Å²) < 4.78 is 14.0. The van der Waals surface area contributed by atoms with E-state index in [0.29, 0.717) is 24.1 Å². The SMILES string of the molecule is Cc1ccc(F)c(C(CN)N(C)C(C)CC(C)C)c1. The Morgan fingerprint density at radius 1 is 1.26 bits per heavy atom. The average Bonchev–Trinajstić information content (AvgIpc) is 2.33. The summed E-state index contributed by atoms with van der Waals surface area (Å²) in [7, 11) is 2.03. The molecule has 1 aromatic carbocycles. The molecule has 1 aromatic rings. The van der Waals surface area contributed by atoms with Crippen molar-refractivity contribution in [1.82, 2.24) is 4.90 Å². The van der Waals surface area contributed by atoms with Crippen molar-refractivity contribution in [3.63, 3.8) is 0 Å². The summed E-state index contributed by atoms with van der Waals surface area (Å²) in [5.74, 6) is 0.461. The maximum Gasteiger partial charge on any atom is 0.128 e. The molecule has 1 rings (SSSR count). The minimum atomic E-state index is -0.162. The molecule has 3 heteroatoms. The molecule has 0 fully saturated rings. The molecular weight excluding hydrogens is 239 g/mol. The number of nitrogens with two attached hydrogens (primary N) is 1. The van der Waals surface area contributed by atoms with Crippen LogP contribution in [0, 0.1) is 18.7 Å². The van der Waals surface area contributed by atoms with Crippen LogP contribution >= 0.6 is 0 Å². The topological polar surface area (TPSA) is 29.3 Å². The van der Waals surface area contributed by atoms with E-state index in [1.54, 1.807) is 6.07 Å². The summed E-state index contributed by atoms with van der Waals surface area (Å²) in [6.07, 6.45) is 1.08. The molecule has 0 aliphatic carbocycles. The van der Waals surface area contributed by atoms with Crippen LogP contribution in [0.5, 0.6) is 0 Å². The first-order valence-electron chi connectivity index (χ1n) is 7.04. The van der Waals surface area contributed by atoms with Crippen molar-refractivity contribution < 1.29 is 4.39 Å². The first kappa shape index (κ1) is 16.1. The Morgan fingerprint density at radius 2 is 1.89 bits per heavy atom. The van der Waals surface area contributed by atoms with Gasteiger partial charge in [-0.1, -0.05) is 31.5 Å². The first-order valence-corrected chi connectivity index (χ1v) is 7.04. The maximum atomic E-state index is 14.0. The second-order valence-corrected chi connectivity index (χ2v) is 5.92. The highest BCUT2D eigenvalue weighted by Gasteiger charge is 2.23. The van der Waals surface area contributed by atoms with E-state index >= 15 is 0 Å². The molecule has 0 radical (unpaired) electrons. The van der Waals surface area contributed by atoms with Gasteiger partial charge in [-0.15, -0.1) is 0 Å². The van der Waals surface area contributed by atoms with Crippen LogP contribution in [0.1, 0.15) is 44.4 Å². The molecule has 19 heavy (non-hydrogen) atoms. The zero-order chi connectivity index (χ0) is 14.6. The van der Waals surface area contributed by atoms with Gasteiger partial charge in [-0.05, 0) is 39.3 Å². The zero-order valence-electron chi connectivity index (χ0n) is 12.8. The van der Waals surface area contributed by atoms with Gasteiger partial charge in [0, 0.05) is 24.2 Å². The Hall–Kier alpha value is -0.930. The van der Waals surface area contributed by atoms with Gasteiger partial charge < -0.3 is 5.73 Å². The molecule has 0 aliphatic heterocycles. The third kappa shape index (κ3) is 4.29. The Morgan fingerprint density at radius 3 is 2.42 bits per heavy atom. The fourth-order valence-electron chi connectivity index (χ4n) is 2.59. The molecule has 0 saturated heterocycles. The van der Waals surface area contributed by atoms with Crippen LogP contribution in [0.2, 0.25) is 0 Å². The van der Waals surface area contributed by atoms with Crippen LogP contribution in [-0.2, 0) is 0 Å². The fraction of sp³-hybridized carbons (Fsp3) is 0.625. The second kappa shape index (κ2) is 7.01. The van der Waals surface area contributed by atoms with Crippen molar-refractivity contribution in [3.05, 3.63) is 35.1 Å². The molecule has 0 bridgehead atoms. The molecule has 0 aliphatic rings. The number of likely N-dealkylation sites (N-methyl/N-ethyl adjacent to an activating group) is 1. The highest BCUT2D eigenvalue weighted by Crippen LogP contribution is 2.26. The van der Waals surface area contributed by atoms with E-state index in [2.05, 4.69) is 25.7 Å². The van der Waals surface area contributed by atoms with Gasteiger partial charge in [-0.2, -0.15) is 0 Å². The lowest BCUT2D eigenvalue weighted by atomic mass is 9.98. The molecule has 0 heterocycles. The van der Waals surface area contributed by atoms with Gasteiger partial charge in [0.25, 0.3) is 0 Å². The summed E-state index contributed by atoms with van der Waals surface area (Å²) in [6, 6.07) is 5.56. The van der Waals surface area contributed by atoms with Crippen molar-refractivity contribution in [2.45, 2.75) is 46.2 Å². The lowest BCUT2D eigenvalue weighted by Crippen LogP contribution is -2.38. The summed E-state index contributed by atoms with van der Waals surface area (Å²) >= 11 is 0. The van der Waals surface area contributed by atoms with Crippen LogP contribution in [0.4, 0.5) is 4.39 Å². The molecular formula is C16H27FN2.